The van der Waals surface area contributed by atoms with Gasteiger partial charge in [-0.15, -0.1) is 6.42 Å². The number of benzene rings is 1. The van der Waals surface area contributed by atoms with Gasteiger partial charge in [0.15, 0.2) is 0 Å². The van der Waals surface area contributed by atoms with Gasteiger partial charge < -0.3 is 10.6 Å². The van der Waals surface area contributed by atoms with Crippen LogP contribution in [0, 0.1) is 18.3 Å². The maximum atomic E-state index is 12.1. The van der Waals surface area contributed by atoms with E-state index < -0.39 is 0 Å². The van der Waals surface area contributed by atoms with E-state index in [4.69, 9.17) is 12.2 Å². The van der Waals surface area contributed by atoms with Gasteiger partial charge in [-0.25, -0.2) is 0 Å². The van der Waals surface area contributed by atoms with Gasteiger partial charge in [0.1, 0.15) is 0 Å². The van der Waals surface area contributed by atoms with Crippen molar-refractivity contribution in [2.45, 2.75) is 12.8 Å². The Morgan fingerprint density at radius 3 is 2.95 bits per heavy atom. The number of carbonyl (C=O) groups is 1. The van der Waals surface area contributed by atoms with Crippen LogP contribution in [-0.2, 0) is 4.79 Å². The summed E-state index contributed by atoms with van der Waals surface area (Å²) in [5.74, 6) is 3.14. The molecule has 0 radical (unpaired) electrons. The molecule has 0 unspecified atom stereocenters. The zero-order valence-corrected chi connectivity index (χ0v) is 10.9. The fourth-order valence-corrected chi connectivity index (χ4v) is 1.89. The Morgan fingerprint density at radius 2 is 2.32 bits per heavy atom. The number of carbonyl (C=O) groups excluding carboxylic acids is 1. The van der Waals surface area contributed by atoms with Gasteiger partial charge in [-0.05, 0) is 42.5 Å². The standard InChI is InChI=1S/C16H18N2O/c1-2-10-18(12-14-6-7-14)16(19)9-8-13-4-3-5-15(17)11-13/h1,3-5,8-9,11,14H,6-7,10,12,17H2/b9-8+. The first-order valence-electron chi connectivity index (χ1n) is 6.45. The molecule has 3 heteroatoms. The molecule has 1 aliphatic rings. The van der Waals surface area contributed by atoms with Crippen molar-refractivity contribution in [2.75, 3.05) is 18.8 Å². The number of hydrogen-bond donors (Lipinski definition) is 1. The van der Waals surface area contributed by atoms with Gasteiger partial charge in [0, 0.05) is 18.3 Å². The van der Waals surface area contributed by atoms with E-state index in [9.17, 15) is 4.79 Å². The Balaban J connectivity index is 1.99. The minimum Gasteiger partial charge on any atom is -0.399 e. The lowest BCUT2D eigenvalue weighted by Crippen LogP contribution is -2.31. The van der Waals surface area contributed by atoms with Crippen molar-refractivity contribution in [3.63, 3.8) is 0 Å². The summed E-state index contributed by atoms with van der Waals surface area (Å²) in [6, 6.07) is 7.42. The molecular weight excluding hydrogens is 236 g/mol. The highest BCUT2D eigenvalue weighted by Crippen LogP contribution is 2.29. The van der Waals surface area contributed by atoms with Crippen LogP contribution in [0.1, 0.15) is 18.4 Å². The first-order valence-corrected chi connectivity index (χ1v) is 6.45. The van der Waals surface area contributed by atoms with E-state index in [0.717, 1.165) is 12.1 Å². The summed E-state index contributed by atoms with van der Waals surface area (Å²) in [4.78, 5) is 13.8. The Morgan fingerprint density at radius 1 is 1.53 bits per heavy atom. The van der Waals surface area contributed by atoms with Crippen molar-refractivity contribution in [2.24, 2.45) is 5.92 Å². The van der Waals surface area contributed by atoms with Crippen LogP contribution in [0.4, 0.5) is 5.69 Å². The number of nitrogens with zero attached hydrogens (tertiary/aromatic N) is 1. The number of nitrogen functional groups attached to an aromatic ring is 1. The van der Waals surface area contributed by atoms with Crippen LogP contribution in [0.5, 0.6) is 0 Å². The Kier molecular flexibility index (Phi) is 4.25. The highest BCUT2D eigenvalue weighted by Gasteiger charge is 2.25. The van der Waals surface area contributed by atoms with Crippen LogP contribution in [0.15, 0.2) is 30.3 Å². The van der Waals surface area contributed by atoms with Gasteiger partial charge in [0.2, 0.25) is 5.91 Å². The monoisotopic (exact) mass is 254 g/mol. The van der Waals surface area contributed by atoms with E-state index in [1.807, 2.05) is 24.3 Å². The maximum absolute atomic E-state index is 12.1. The third kappa shape index (κ3) is 4.18. The lowest BCUT2D eigenvalue weighted by Gasteiger charge is -2.17. The van der Waals surface area contributed by atoms with Crippen LogP contribution in [0.3, 0.4) is 0 Å². The van der Waals surface area contributed by atoms with Crippen LogP contribution in [-0.4, -0.2) is 23.9 Å². The Bertz CT molecular complexity index is 524. The highest BCUT2D eigenvalue weighted by atomic mass is 16.2. The molecule has 98 valence electrons. The van der Waals surface area contributed by atoms with Gasteiger partial charge in [-0.2, -0.15) is 0 Å². The number of anilines is 1. The fraction of sp³-hybridized carbons (Fsp3) is 0.312. The van der Waals surface area contributed by atoms with Gasteiger partial charge in [0.05, 0.1) is 6.54 Å². The number of rotatable bonds is 5. The lowest BCUT2D eigenvalue weighted by atomic mass is 10.2. The SMILES string of the molecule is C#CCN(CC1CC1)C(=O)/C=C/c1cccc(N)c1. The van der Waals surface area contributed by atoms with Crippen LogP contribution in [0.25, 0.3) is 6.08 Å². The molecule has 1 aromatic rings. The molecule has 1 fully saturated rings. The number of hydrogen-bond acceptors (Lipinski definition) is 2. The molecular formula is C16H18N2O. The summed E-state index contributed by atoms with van der Waals surface area (Å²) in [6.07, 6.45) is 11.0. The van der Waals surface area contributed by atoms with Crippen molar-refractivity contribution < 1.29 is 4.79 Å². The zero-order chi connectivity index (χ0) is 13.7. The normalized spacial score (nSPS) is 14.3. The lowest BCUT2D eigenvalue weighted by molar-refractivity contribution is -0.125. The topological polar surface area (TPSA) is 46.3 Å². The van der Waals surface area contributed by atoms with Crippen LogP contribution < -0.4 is 5.73 Å². The summed E-state index contributed by atoms with van der Waals surface area (Å²) in [7, 11) is 0. The van der Waals surface area contributed by atoms with Gasteiger partial charge in [0.25, 0.3) is 0 Å². The quantitative estimate of drug-likeness (QED) is 0.497. The predicted octanol–water partition coefficient (Wildman–Crippen LogP) is 2.15. The second-order valence-corrected chi connectivity index (χ2v) is 4.87. The highest BCUT2D eigenvalue weighted by molar-refractivity contribution is 5.92. The molecule has 19 heavy (non-hydrogen) atoms. The van der Waals surface area contributed by atoms with Crippen molar-refractivity contribution in [3.8, 4) is 12.3 Å². The average Bonchev–Trinajstić information content (AvgIpc) is 3.19. The number of terminal acetylenes is 1. The minimum absolute atomic E-state index is 0.0349. The summed E-state index contributed by atoms with van der Waals surface area (Å²) >= 11 is 0. The van der Waals surface area contributed by atoms with E-state index in [-0.39, 0.29) is 5.91 Å². The molecule has 0 aliphatic heterocycles. The minimum atomic E-state index is -0.0349. The van der Waals surface area contributed by atoms with Crippen LogP contribution >= 0.6 is 0 Å². The molecule has 1 amide bonds. The smallest absolute Gasteiger partial charge is 0.247 e. The zero-order valence-electron chi connectivity index (χ0n) is 10.9. The fourth-order valence-electron chi connectivity index (χ4n) is 1.89. The number of nitrogens with two attached hydrogens (primary N) is 1. The summed E-state index contributed by atoms with van der Waals surface area (Å²) < 4.78 is 0. The van der Waals surface area contributed by atoms with Gasteiger partial charge in [-0.1, -0.05) is 18.1 Å². The maximum Gasteiger partial charge on any atom is 0.247 e. The second kappa shape index (κ2) is 6.10. The molecule has 2 rings (SSSR count). The molecule has 0 spiro atoms. The summed E-state index contributed by atoms with van der Waals surface area (Å²) in [5, 5.41) is 0. The molecule has 0 aromatic heterocycles. The summed E-state index contributed by atoms with van der Waals surface area (Å²) in [5.41, 5.74) is 7.30. The first-order chi connectivity index (χ1) is 9.19. The van der Waals surface area contributed by atoms with E-state index in [0.29, 0.717) is 18.2 Å². The van der Waals surface area contributed by atoms with E-state index >= 15 is 0 Å². The number of amides is 1. The molecule has 3 nitrogen and oxygen atoms in total. The van der Waals surface area contributed by atoms with Crippen molar-refractivity contribution >= 4 is 17.7 Å². The predicted molar refractivity (Wildman–Crippen MR) is 78.0 cm³/mol. The van der Waals surface area contributed by atoms with E-state index in [1.165, 1.54) is 12.8 Å². The summed E-state index contributed by atoms with van der Waals surface area (Å²) in [6.45, 7) is 1.14. The molecule has 0 atom stereocenters. The Hall–Kier alpha value is -2.21. The molecule has 0 bridgehead atoms. The van der Waals surface area contributed by atoms with Crippen molar-refractivity contribution in [3.05, 3.63) is 35.9 Å². The Labute approximate surface area is 114 Å². The molecule has 1 aliphatic carbocycles. The van der Waals surface area contributed by atoms with E-state index in [1.54, 1.807) is 17.1 Å². The molecule has 0 heterocycles. The van der Waals surface area contributed by atoms with Gasteiger partial charge in [-0.3, -0.25) is 4.79 Å². The van der Waals surface area contributed by atoms with Crippen molar-refractivity contribution in [1.82, 2.24) is 4.90 Å². The van der Waals surface area contributed by atoms with Gasteiger partial charge >= 0.3 is 0 Å². The molecule has 0 saturated heterocycles. The largest absolute Gasteiger partial charge is 0.399 e. The van der Waals surface area contributed by atoms with Crippen molar-refractivity contribution in [1.29, 1.82) is 0 Å². The third-order valence-electron chi connectivity index (χ3n) is 3.10. The average molecular weight is 254 g/mol. The molecule has 1 saturated carbocycles. The third-order valence-corrected chi connectivity index (χ3v) is 3.10. The first kappa shape index (κ1) is 13.2. The molecule has 2 N–H and O–H groups in total. The molecule has 1 aromatic carbocycles. The van der Waals surface area contributed by atoms with E-state index in [2.05, 4.69) is 5.92 Å². The second-order valence-electron chi connectivity index (χ2n) is 4.87. The van der Waals surface area contributed by atoms with Crippen LogP contribution in [0.2, 0.25) is 0 Å².